The molecule has 1 aromatic heterocycles. The molecule has 0 fully saturated rings. The van der Waals surface area contributed by atoms with Crippen LogP contribution >= 0.6 is 0 Å². The smallest absolute Gasteiger partial charge is 0.237 e. The molecule has 0 radical (unpaired) electrons. The first-order valence-corrected chi connectivity index (χ1v) is 5.36. The van der Waals surface area contributed by atoms with E-state index in [-0.39, 0.29) is 5.56 Å². The Bertz CT molecular complexity index is 577. The first-order valence-electron chi connectivity index (χ1n) is 5.36. The van der Waals surface area contributed by atoms with Gasteiger partial charge in [-0.15, -0.1) is 0 Å². The summed E-state index contributed by atoms with van der Waals surface area (Å²) in [6.07, 6.45) is -2.82. The molecule has 0 atom stereocenters. The van der Waals surface area contributed by atoms with Gasteiger partial charge in [-0.25, -0.2) is 9.97 Å². The van der Waals surface area contributed by atoms with Gasteiger partial charge >= 0.3 is 6.18 Å². The van der Waals surface area contributed by atoms with E-state index in [4.69, 9.17) is 0 Å². The highest BCUT2D eigenvalue weighted by atomic mass is 19.4. The maximum Gasteiger partial charge on any atom is 0.416 e. The lowest BCUT2D eigenvalue weighted by molar-refractivity contribution is -0.138. The van der Waals surface area contributed by atoms with Crippen LogP contribution in [0.15, 0.2) is 30.5 Å². The minimum atomic E-state index is -4.36. The first-order chi connectivity index (χ1) is 8.38. The minimum Gasteiger partial charge on any atom is -0.237 e. The van der Waals surface area contributed by atoms with Crippen molar-refractivity contribution in [1.29, 1.82) is 0 Å². The molecular formula is C13H11F3N2. The van der Waals surface area contributed by atoms with Crippen LogP contribution in [0.2, 0.25) is 0 Å². The van der Waals surface area contributed by atoms with E-state index in [1.54, 1.807) is 19.1 Å². The predicted molar refractivity (Wildman–Crippen MR) is 61.9 cm³/mol. The Morgan fingerprint density at radius 1 is 1.06 bits per heavy atom. The van der Waals surface area contributed by atoms with Crippen molar-refractivity contribution in [3.63, 3.8) is 0 Å². The molecule has 18 heavy (non-hydrogen) atoms. The van der Waals surface area contributed by atoms with Gasteiger partial charge in [0.1, 0.15) is 0 Å². The number of aryl methyl sites for hydroxylation is 2. The number of benzene rings is 1. The van der Waals surface area contributed by atoms with Crippen molar-refractivity contribution in [3.05, 3.63) is 47.3 Å². The van der Waals surface area contributed by atoms with Gasteiger partial charge in [0.05, 0.1) is 5.56 Å². The molecule has 0 aliphatic carbocycles. The molecule has 0 spiro atoms. The zero-order chi connectivity index (χ0) is 13.3. The molecule has 0 aliphatic rings. The SMILES string of the molecule is Cc1ccnc(-c2ccc(C)c(C(F)(F)F)c2)n1. The number of alkyl halides is 3. The summed E-state index contributed by atoms with van der Waals surface area (Å²) < 4.78 is 38.3. The molecule has 5 heteroatoms. The second-order valence-corrected chi connectivity index (χ2v) is 4.05. The molecule has 0 saturated carbocycles. The number of halogens is 3. The van der Waals surface area contributed by atoms with Gasteiger partial charge in [-0.05, 0) is 31.5 Å². The van der Waals surface area contributed by atoms with E-state index in [9.17, 15) is 13.2 Å². The summed E-state index contributed by atoms with van der Waals surface area (Å²) in [6.45, 7) is 3.20. The van der Waals surface area contributed by atoms with E-state index in [2.05, 4.69) is 9.97 Å². The van der Waals surface area contributed by atoms with Crippen molar-refractivity contribution >= 4 is 0 Å². The molecule has 2 rings (SSSR count). The van der Waals surface area contributed by atoms with Crippen molar-refractivity contribution in [1.82, 2.24) is 9.97 Å². The Morgan fingerprint density at radius 2 is 1.78 bits per heavy atom. The van der Waals surface area contributed by atoms with Gasteiger partial charge in [0.25, 0.3) is 0 Å². The summed E-state index contributed by atoms with van der Waals surface area (Å²) in [5, 5.41) is 0. The molecule has 2 aromatic rings. The predicted octanol–water partition coefficient (Wildman–Crippen LogP) is 3.78. The lowest BCUT2D eigenvalue weighted by Gasteiger charge is -2.11. The number of aromatic nitrogens is 2. The van der Waals surface area contributed by atoms with Gasteiger partial charge in [0.15, 0.2) is 5.82 Å². The normalized spacial score (nSPS) is 11.6. The van der Waals surface area contributed by atoms with Crippen molar-refractivity contribution in [3.8, 4) is 11.4 Å². The third kappa shape index (κ3) is 2.50. The second-order valence-electron chi connectivity index (χ2n) is 4.05. The average Bonchev–Trinajstić information content (AvgIpc) is 2.28. The Balaban J connectivity index is 2.54. The number of hydrogen-bond acceptors (Lipinski definition) is 2. The molecule has 0 aliphatic heterocycles. The van der Waals surface area contributed by atoms with Crippen LogP contribution in [-0.4, -0.2) is 9.97 Å². The van der Waals surface area contributed by atoms with Gasteiger partial charge in [0.2, 0.25) is 0 Å². The zero-order valence-electron chi connectivity index (χ0n) is 9.92. The standard InChI is InChI=1S/C13H11F3N2/c1-8-3-4-10(7-11(8)13(14,15)16)12-17-6-5-9(2)18-12/h3-7H,1-2H3. The van der Waals surface area contributed by atoms with Crippen LogP contribution in [0.25, 0.3) is 11.4 Å². The van der Waals surface area contributed by atoms with Gasteiger partial charge in [-0.1, -0.05) is 12.1 Å². The third-order valence-corrected chi connectivity index (χ3v) is 2.60. The van der Waals surface area contributed by atoms with Gasteiger partial charge in [-0.3, -0.25) is 0 Å². The Hall–Kier alpha value is -1.91. The number of hydrogen-bond donors (Lipinski definition) is 0. The van der Waals surface area contributed by atoms with Gasteiger partial charge < -0.3 is 0 Å². The molecule has 2 nitrogen and oxygen atoms in total. The highest BCUT2D eigenvalue weighted by Crippen LogP contribution is 2.33. The highest BCUT2D eigenvalue weighted by molar-refractivity contribution is 5.57. The molecule has 0 N–H and O–H groups in total. The van der Waals surface area contributed by atoms with Crippen LogP contribution in [0.4, 0.5) is 13.2 Å². The van der Waals surface area contributed by atoms with Crippen molar-refractivity contribution < 1.29 is 13.2 Å². The quantitative estimate of drug-likeness (QED) is 0.771. The largest absolute Gasteiger partial charge is 0.416 e. The van der Waals surface area contributed by atoms with E-state index in [1.165, 1.54) is 19.2 Å². The van der Waals surface area contributed by atoms with Crippen LogP contribution in [0.1, 0.15) is 16.8 Å². The molecular weight excluding hydrogens is 241 g/mol. The number of nitrogens with zero attached hydrogens (tertiary/aromatic N) is 2. The molecule has 94 valence electrons. The Morgan fingerprint density at radius 3 is 2.39 bits per heavy atom. The van der Waals surface area contributed by atoms with Crippen LogP contribution in [-0.2, 0) is 6.18 Å². The lowest BCUT2D eigenvalue weighted by atomic mass is 10.0. The van der Waals surface area contributed by atoms with Crippen molar-refractivity contribution in [2.24, 2.45) is 0 Å². The van der Waals surface area contributed by atoms with Crippen LogP contribution in [0.3, 0.4) is 0 Å². The topological polar surface area (TPSA) is 25.8 Å². The Kier molecular flexibility index (Phi) is 3.07. The number of rotatable bonds is 1. The minimum absolute atomic E-state index is 0.193. The third-order valence-electron chi connectivity index (χ3n) is 2.60. The zero-order valence-corrected chi connectivity index (χ0v) is 9.92. The summed E-state index contributed by atoms with van der Waals surface area (Å²) in [5.74, 6) is 0.306. The fraction of sp³-hybridized carbons (Fsp3) is 0.231. The molecule has 0 unspecified atom stereocenters. The van der Waals surface area contributed by atoms with E-state index in [1.807, 2.05) is 0 Å². The molecule has 1 aromatic carbocycles. The van der Waals surface area contributed by atoms with Crippen LogP contribution in [0, 0.1) is 13.8 Å². The summed E-state index contributed by atoms with van der Waals surface area (Å²) in [4.78, 5) is 8.10. The summed E-state index contributed by atoms with van der Waals surface area (Å²) in [6, 6.07) is 5.82. The Labute approximate surface area is 103 Å². The van der Waals surface area contributed by atoms with Crippen molar-refractivity contribution in [2.45, 2.75) is 20.0 Å². The van der Waals surface area contributed by atoms with E-state index < -0.39 is 11.7 Å². The molecule has 0 bridgehead atoms. The molecule has 0 amide bonds. The summed E-state index contributed by atoms with van der Waals surface area (Å²) in [7, 11) is 0. The monoisotopic (exact) mass is 252 g/mol. The molecule has 0 saturated heterocycles. The van der Waals surface area contributed by atoms with Crippen LogP contribution in [0.5, 0.6) is 0 Å². The summed E-state index contributed by atoms with van der Waals surface area (Å²) in [5.41, 5.74) is 0.634. The second kappa shape index (κ2) is 4.40. The average molecular weight is 252 g/mol. The van der Waals surface area contributed by atoms with Gasteiger partial charge in [0, 0.05) is 17.5 Å². The van der Waals surface area contributed by atoms with E-state index >= 15 is 0 Å². The summed E-state index contributed by atoms with van der Waals surface area (Å²) >= 11 is 0. The van der Waals surface area contributed by atoms with Crippen LogP contribution < -0.4 is 0 Å². The highest BCUT2D eigenvalue weighted by Gasteiger charge is 2.32. The first kappa shape index (κ1) is 12.5. The fourth-order valence-electron chi connectivity index (χ4n) is 1.65. The van der Waals surface area contributed by atoms with E-state index in [0.717, 1.165) is 6.07 Å². The maximum absolute atomic E-state index is 12.8. The maximum atomic E-state index is 12.8. The van der Waals surface area contributed by atoms with Crippen molar-refractivity contribution in [2.75, 3.05) is 0 Å². The van der Waals surface area contributed by atoms with E-state index in [0.29, 0.717) is 17.1 Å². The molecule has 1 heterocycles. The van der Waals surface area contributed by atoms with Gasteiger partial charge in [-0.2, -0.15) is 13.2 Å². The lowest BCUT2D eigenvalue weighted by Crippen LogP contribution is -2.07. The fourth-order valence-corrected chi connectivity index (χ4v) is 1.65.